The summed E-state index contributed by atoms with van der Waals surface area (Å²) >= 11 is 3.45. The maximum atomic E-state index is 13.0. The quantitative estimate of drug-likeness (QED) is 0.719. The molecular formula is C20H24BrN3O4. The highest BCUT2D eigenvalue weighted by Gasteiger charge is 2.55. The largest absolute Gasteiger partial charge is 0.493 e. The van der Waals surface area contributed by atoms with E-state index in [4.69, 9.17) is 4.74 Å². The summed E-state index contributed by atoms with van der Waals surface area (Å²) in [6, 6.07) is 5.10. The van der Waals surface area contributed by atoms with Crippen molar-refractivity contribution in [2.45, 2.75) is 50.1 Å². The van der Waals surface area contributed by atoms with E-state index in [-0.39, 0.29) is 30.4 Å². The third kappa shape index (κ3) is 3.17. The molecular weight excluding hydrogens is 426 g/mol. The number of likely N-dealkylation sites (N-methyl/N-ethyl adjacent to an activating group) is 1. The maximum absolute atomic E-state index is 13.0. The first-order chi connectivity index (χ1) is 13.4. The van der Waals surface area contributed by atoms with Crippen LogP contribution in [0, 0.1) is 0 Å². The summed E-state index contributed by atoms with van der Waals surface area (Å²) in [7, 11) is 1.68. The van der Waals surface area contributed by atoms with Gasteiger partial charge in [-0.05, 0) is 31.0 Å². The molecule has 1 aromatic carbocycles. The van der Waals surface area contributed by atoms with Gasteiger partial charge >= 0.3 is 6.03 Å². The van der Waals surface area contributed by atoms with E-state index in [0.29, 0.717) is 25.9 Å². The van der Waals surface area contributed by atoms with Crippen LogP contribution in [-0.4, -0.2) is 53.4 Å². The molecule has 3 aliphatic rings. The van der Waals surface area contributed by atoms with Crippen LogP contribution in [0.1, 0.15) is 50.1 Å². The van der Waals surface area contributed by atoms with Crippen LogP contribution in [0.15, 0.2) is 22.7 Å². The van der Waals surface area contributed by atoms with E-state index in [0.717, 1.165) is 39.9 Å². The number of hydrogen-bond donors (Lipinski definition) is 1. The van der Waals surface area contributed by atoms with Gasteiger partial charge in [-0.25, -0.2) is 4.79 Å². The molecule has 0 radical (unpaired) electrons. The van der Waals surface area contributed by atoms with E-state index in [1.165, 1.54) is 0 Å². The zero-order chi connectivity index (χ0) is 19.9. The molecule has 28 heavy (non-hydrogen) atoms. The first kappa shape index (κ1) is 19.2. The second-order valence-electron chi connectivity index (χ2n) is 7.76. The second kappa shape index (κ2) is 7.39. The molecule has 4 amide bonds. The van der Waals surface area contributed by atoms with Gasteiger partial charge in [-0.3, -0.25) is 14.5 Å². The van der Waals surface area contributed by atoms with Crippen molar-refractivity contribution in [3.05, 3.63) is 28.2 Å². The van der Waals surface area contributed by atoms with Crippen molar-refractivity contribution in [2.24, 2.45) is 0 Å². The molecule has 1 spiro atoms. The fourth-order valence-corrected chi connectivity index (χ4v) is 4.95. The smallest absolute Gasteiger partial charge is 0.327 e. The van der Waals surface area contributed by atoms with Crippen LogP contribution in [0.25, 0.3) is 0 Å². The third-order valence-corrected chi connectivity index (χ3v) is 6.63. The van der Waals surface area contributed by atoms with Crippen molar-refractivity contribution in [1.29, 1.82) is 0 Å². The first-order valence-electron chi connectivity index (χ1n) is 9.74. The first-order valence-corrected chi connectivity index (χ1v) is 10.5. The average molecular weight is 450 g/mol. The lowest BCUT2D eigenvalue weighted by atomic mass is 9.81. The minimum absolute atomic E-state index is 0.206. The predicted molar refractivity (Wildman–Crippen MR) is 106 cm³/mol. The molecule has 2 heterocycles. The standard InChI is InChI=1S/C20H24BrN3O4/c1-23-19(27)24(18(26)20(23)8-3-2-4-9-20)12-17(25)22-15-7-10-28-16-6-5-13(21)11-14(15)16/h5-6,11,15H,2-4,7-10,12H2,1H3,(H,22,25). The van der Waals surface area contributed by atoms with Gasteiger partial charge < -0.3 is 15.0 Å². The molecule has 1 atom stereocenters. The lowest BCUT2D eigenvalue weighted by Gasteiger charge is -2.35. The number of fused-ring (bicyclic) bond motifs is 1. The third-order valence-electron chi connectivity index (χ3n) is 6.13. The van der Waals surface area contributed by atoms with Crippen molar-refractivity contribution in [2.75, 3.05) is 20.2 Å². The minimum atomic E-state index is -0.758. The van der Waals surface area contributed by atoms with Crippen LogP contribution in [-0.2, 0) is 9.59 Å². The van der Waals surface area contributed by atoms with E-state index in [2.05, 4.69) is 21.2 Å². The molecule has 2 fully saturated rings. The van der Waals surface area contributed by atoms with Crippen LogP contribution in [0.4, 0.5) is 4.79 Å². The molecule has 1 N–H and O–H groups in total. The van der Waals surface area contributed by atoms with Gasteiger partial charge in [0.25, 0.3) is 5.91 Å². The molecule has 150 valence electrons. The maximum Gasteiger partial charge on any atom is 0.327 e. The monoisotopic (exact) mass is 449 g/mol. The van der Waals surface area contributed by atoms with Gasteiger partial charge in [0.1, 0.15) is 17.8 Å². The van der Waals surface area contributed by atoms with Gasteiger partial charge in [0.2, 0.25) is 5.91 Å². The topological polar surface area (TPSA) is 79.0 Å². The molecule has 8 heteroatoms. The Morgan fingerprint density at radius 3 is 2.79 bits per heavy atom. The fourth-order valence-electron chi connectivity index (χ4n) is 4.57. The molecule has 4 rings (SSSR count). The summed E-state index contributed by atoms with van der Waals surface area (Å²) < 4.78 is 6.55. The number of benzene rings is 1. The summed E-state index contributed by atoms with van der Waals surface area (Å²) in [5, 5.41) is 2.97. The summed E-state index contributed by atoms with van der Waals surface area (Å²) in [6.07, 6.45) is 4.92. The van der Waals surface area contributed by atoms with Gasteiger partial charge in [0.05, 0.1) is 12.6 Å². The summed E-state index contributed by atoms with van der Waals surface area (Å²) in [4.78, 5) is 41.1. The van der Waals surface area contributed by atoms with E-state index < -0.39 is 5.54 Å². The Hall–Kier alpha value is -2.09. The minimum Gasteiger partial charge on any atom is -0.493 e. The van der Waals surface area contributed by atoms with Crippen molar-refractivity contribution in [3.8, 4) is 5.75 Å². The van der Waals surface area contributed by atoms with Gasteiger partial charge in [-0.2, -0.15) is 0 Å². The molecule has 7 nitrogen and oxygen atoms in total. The molecule has 1 saturated heterocycles. The summed E-state index contributed by atoms with van der Waals surface area (Å²) in [5.74, 6) is 0.180. The SMILES string of the molecule is CN1C(=O)N(CC(=O)NC2CCOc3ccc(Br)cc32)C(=O)C12CCCCC2. The number of ether oxygens (including phenoxy) is 1. The Morgan fingerprint density at radius 2 is 2.04 bits per heavy atom. The lowest BCUT2D eigenvalue weighted by molar-refractivity contribution is -0.137. The molecule has 1 aliphatic carbocycles. The van der Waals surface area contributed by atoms with Crippen molar-refractivity contribution < 1.29 is 19.1 Å². The van der Waals surface area contributed by atoms with Gasteiger partial charge in [0.15, 0.2) is 0 Å². The number of hydrogen-bond acceptors (Lipinski definition) is 4. The Balaban J connectivity index is 1.47. The zero-order valence-corrected chi connectivity index (χ0v) is 17.5. The lowest BCUT2D eigenvalue weighted by Crippen LogP contribution is -2.49. The van der Waals surface area contributed by atoms with Crippen molar-refractivity contribution >= 4 is 33.8 Å². The zero-order valence-electron chi connectivity index (χ0n) is 15.9. The van der Waals surface area contributed by atoms with E-state index in [1.807, 2.05) is 18.2 Å². The predicted octanol–water partition coefficient (Wildman–Crippen LogP) is 2.99. The number of rotatable bonds is 3. The van der Waals surface area contributed by atoms with Crippen molar-refractivity contribution in [3.63, 3.8) is 0 Å². The Kier molecular flexibility index (Phi) is 5.07. The molecule has 2 aliphatic heterocycles. The Morgan fingerprint density at radius 1 is 1.29 bits per heavy atom. The van der Waals surface area contributed by atoms with E-state index in [9.17, 15) is 14.4 Å². The molecule has 1 saturated carbocycles. The Bertz CT molecular complexity index is 822. The molecule has 0 aromatic heterocycles. The number of nitrogens with one attached hydrogen (secondary N) is 1. The molecule has 0 bridgehead atoms. The van der Waals surface area contributed by atoms with Crippen LogP contribution < -0.4 is 10.1 Å². The highest BCUT2D eigenvalue weighted by Crippen LogP contribution is 2.39. The number of carbonyl (C=O) groups excluding carboxylic acids is 3. The number of imide groups is 1. The number of amides is 4. The average Bonchev–Trinajstić information content (AvgIpc) is 2.85. The van der Waals surface area contributed by atoms with Crippen LogP contribution in [0.5, 0.6) is 5.75 Å². The van der Waals surface area contributed by atoms with Crippen LogP contribution >= 0.6 is 15.9 Å². The molecule has 1 aromatic rings. The second-order valence-corrected chi connectivity index (χ2v) is 8.68. The number of carbonyl (C=O) groups is 3. The highest BCUT2D eigenvalue weighted by atomic mass is 79.9. The normalized spacial score (nSPS) is 23.6. The van der Waals surface area contributed by atoms with Crippen LogP contribution in [0.3, 0.4) is 0 Å². The number of halogens is 1. The highest BCUT2D eigenvalue weighted by molar-refractivity contribution is 9.10. The Labute approximate surface area is 172 Å². The number of urea groups is 1. The number of nitrogens with zero attached hydrogens (tertiary/aromatic N) is 2. The van der Waals surface area contributed by atoms with Gasteiger partial charge in [-0.15, -0.1) is 0 Å². The van der Waals surface area contributed by atoms with E-state index in [1.54, 1.807) is 11.9 Å². The summed E-state index contributed by atoms with van der Waals surface area (Å²) in [5.41, 5.74) is 0.139. The fraction of sp³-hybridized carbons (Fsp3) is 0.550. The van der Waals surface area contributed by atoms with Gasteiger partial charge in [0, 0.05) is 23.5 Å². The van der Waals surface area contributed by atoms with Crippen LogP contribution in [0.2, 0.25) is 0 Å². The van der Waals surface area contributed by atoms with Crippen molar-refractivity contribution in [1.82, 2.24) is 15.1 Å². The summed E-state index contributed by atoms with van der Waals surface area (Å²) in [6.45, 7) is 0.261. The van der Waals surface area contributed by atoms with E-state index >= 15 is 0 Å². The molecule has 1 unspecified atom stereocenters. The van der Waals surface area contributed by atoms with Gasteiger partial charge in [-0.1, -0.05) is 35.2 Å².